The minimum atomic E-state index is -4.91. The lowest BCUT2D eigenvalue weighted by Gasteiger charge is -2.10. The zero-order chi connectivity index (χ0) is 12.5. The van der Waals surface area contributed by atoms with E-state index >= 15 is 0 Å². The highest BCUT2D eigenvalue weighted by atomic mass is 35.5. The Hall–Kier alpha value is -0.810. The van der Waals surface area contributed by atoms with E-state index in [9.17, 15) is 22.4 Å². The molecule has 1 aromatic rings. The van der Waals surface area contributed by atoms with Gasteiger partial charge in [-0.25, -0.2) is 4.39 Å². The van der Waals surface area contributed by atoms with Crippen LogP contribution in [0, 0.1) is 5.82 Å². The van der Waals surface area contributed by atoms with Crippen molar-refractivity contribution >= 4 is 29.0 Å². The molecule has 0 aliphatic carbocycles. The highest BCUT2D eigenvalue weighted by molar-refractivity contribution is 6.32. The van der Waals surface area contributed by atoms with Crippen LogP contribution in [0.3, 0.4) is 0 Å². The lowest BCUT2D eigenvalue weighted by molar-refractivity contribution is -0.140. The van der Waals surface area contributed by atoms with E-state index in [-0.39, 0.29) is 5.02 Å². The van der Waals surface area contributed by atoms with Crippen molar-refractivity contribution in [2.24, 2.45) is 0 Å². The van der Waals surface area contributed by atoms with E-state index in [1.807, 2.05) is 0 Å². The molecule has 0 fully saturated rings. The van der Waals surface area contributed by atoms with Crippen LogP contribution in [0.4, 0.5) is 17.6 Å². The molecule has 1 nitrogen and oxygen atoms in total. The van der Waals surface area contributed by atoms with Gasteiger partial charge >= 0.3 is 6.18 Å². The summed E-state index contributed by atoms with van der Waals surface area (Å²) in [5.41, 5.74) is -2.33. The van der Waals surface area contributed by atoms with E-state index in [0.717, 1.165) is 6.07 Å². The van der Waals surface area contributed by atoms with Gasteiger partial charge in [-0.05, 0) is 12.1 Å². The molecular formula is C9H4Cl2F4O. The molecule has 0 aromatic heterocycles. The molecule has 0 radical (unpaired) electrons. The molecule has 1 rings (SSSR count). The van der Waals surface area contributed by atoms with Crippen molar-refractivity contribution < 1.29 is 22.4 Å². The van der Waals surface area contributed by atoms with Gasteiger partial charge < -0.3 is 0 Å². The number of carbonyl (C=O) groups is 1. The molecule has 7 heteroatoms. The third kappa shape index (κ3) is 2.65. The van der Waals surface area contributed by atoms with Gasteiger partial charge in [0.2, 0.25) is 0 Å². The summed E-state index contributed by atoms with van der Waals surface area (Å²) in [6, 6.07) is 1.23. The molecule has 0 atom stereocenters. The zero-order valence-corrected chi connectivity index (χ0v) is 9.05. The summed E-state index contributed by atoms with van der Waals surface area (Å²) in [6.45, 7) is 0. The molecule has 0 saturated carbocycles. The fourth-order valence-corrected chi connectivity index (χ4v) is 1.43. The van der Waals surface area contributed by atoms with Crippen LogP contribution in [0.2, 0.25) is 5.02 Å². The van der Waals surface area contributed by atoms with E-state index in [2.05, 4.69) is 0 Å². The van der Waals surface area contributed by atoms with Crippen LogP contribution in [0.15, 0.2) is 12.1 Å². The summed E-state index contributed by atoms with van der Waals surface area (Å²) in [7, 11) is 0. The first-order valence-corrected chi connectivity index (χ1v) is 4.84. The van der Waals surface area contributed by atoms with E-state index in [4.69, 9.17) is 23.2 Å². The minimum Gasteiger partial charge on any atom is -0.293 e. The van der Waals surface area contributed by atoms with Gasteiger partial charge in [0.25, 0.3) is 0 Å². The minimum absolute atomic E-state index is 0.373. The molecule has 1 aromatic carbocycles. The monoisotopic (exact) mass is 274 g/mol. The van der Waals surface area contributed by atoms with Gasteiger partial charge in [-0.3, -0.25) is 4.79 Å². The maximum Gasteiger partial charge on any atom is 0.419 e. The van der Waals surface area contributed by atoms with Gasteiger partial charge in [-0.15, -0.1) is 11.6 Å². The molecule has 88 valence electrons. The SMILES string of the molecule is O=C(CCl)c1cc(Cl)cc(C(F)(F)F)c1F. The molecule has 0 spiro atoms. The van der Waals surface area contributed by atoms with Crippen LogP contribution >= 0.6 is 23.2 Å². The molecule has 0 saturated heterocycles. The van der Waals surface area contributed by atoms with E-state index in [0.29, 0.717) is 6.07 Å². The van der Waals surface area contributed by atoms with Crippen molar-refractivity contribution in [2.75, 3.05) is 5.88 Å². The number of carbonyl (C=O) groups excluding carboxylic acids is 1. The fraction of sp³-hybridized carbons (Fsp3) is 0.222. The fourth-order valence-electron chi connectivity index (χ4n) is 1.07. The topological polar surface area (TPSA) is 17.1 Å². The van der Waals surface area contributed by atoms with Gasteiger partial charge in [-0.1, -0.05) is 11.6 Å². The predicted molar refractivity (Wildman–Crippen MR) is 51.5 cm³/mol. The summed E-state index contributed by atoms with van der Waals surface area (Å²) in [5, 5.41) is -0.373. The molecule has 0 heterocycles. The molecule has 0 aliphatic rings. The van der Waals surface area contributed by atoms with Gasteiger partial charge in [0, 0.05) is 5.02 Å². The van der Waals surface area contributed by atoms with Gasteiger partial charge in [0.05, 0.1) is 17.0 Å². The summed E-state index contributed by atoms with van der Waals surface area (Å²) in [6.07, 6.45) is -4.91. The summed E-state index contributed by atoms with van der Waals surface area (Å²) >= 11 is 10.5. The second-order valence-electron chi connectivity index (χ2n) is 2.87. The zero-order valence-electron chi connectivity index (χ0n) is 7.54. The molecule has 0 amide bonds. The number of rotatable bonds is 2. The normalized spacial score (nSPS) is 11.6. The number of benzene rings is 1. The lowest BCUT2D eigenvalue weighted by Crippen LogP contribution is -2.13. The molecule has 16 heavy (non-hydrogen) atoms. The van der Waals surface area contributed by atoms with E-state index < -0.39 is 34.8 Å². The van der Waals surface area contributed by atoms with Crippen molar-refractivity contribution in [2.45, 2.75) is 6.18 Å². The number of Topliss-reactive ketones (excluding diaryl/α,β-unsaturated/α-hetero) is 1. The Balaban J connectivity index is 3.44. The highest BCUT2D eigenvalue weighted by Gasteiger charge is 2.36. The van der Waals surface area contributed by atoms with Gasteiger partial charge in [0.1, 0.15) is 5.82 Å². The maximum atomic E-state index is 13.3. The first kappa shape index (κ1) is 13.3. The van der Waals surface area contributed by atoms with Crippen molar-refractivity contribution in [3.05, 3.63) is 34.1 Å². The third-order valence-corrected chi connectivity index (χ3v) is 2.23. The number of alkyl halides is 4. The lowest BCUT2D eigenvalue weighted by atomic mass is 10.1. The average Bonchev–Trinajstić information content (AvgIpc) is 2.18. The smallest absolute Gasteiger partial charge is 0.293 e. The highest BCUT2D eigenvalue weighted by Crippen LogP contribution is 2.34. The van der Waals surface area contributed by atoms with Gasteiger partial charge in [0.15, 0.2) is 5.78 Å². The van der Waals surface area contributed by atoms with Gasteiger partial charge in [-0.2, -0.15) is 13.2 Å². The molecule has 0 bridgehead atoms. The second-order valence-corrected chi connectivity index (χ2v) is 3.57. The number of halogens is 6. The predicted octanol–water partition coefficient (Wildman–Crippen LogP) is 3.92. The van der Waals surface area contributed by atoms with E-state index in [1.165, 1.54) is 0 Å². The van der Waals surface area contributed by atoms with Crippen LogP contribution in [0.25, 0.3) is 0 Å². The Kier molecular flexibility index (Phi) is 3.80. The molecule has 0 aliphatic heterocycles. The van der Waals surface area contributed by atoms with Crippen LogP contribution in [0.5, 0.6) is 0 Å². The second kappa shape index (κ2) is 4.59. The first-order valence-electron chi connectivity index (χ1n) is 3.92. The molecular weight excluding hydrogens is 271 g/mol. The summed E-state index contributed by atoms with van der Waals surface area (Å²) < 4.78 is 50.3. The number of hydrogen-bond donors (Lipinski definition) is 0. The van der Waals surface area contributed by atoms with Crippen molar-refractivity contribution in [1.82, 2.24) is 0 Å². The maximum absolute atomic E-state index is 13.3. The number of ketones is 1. The molecule has 0 unspecified atom stereocenters. The number of hydrogen-bond acceptors (Lipinski definition) is 1. The quantitative estimate of drug-likeness (QED) is 0.454. The average molecular weight is 275 g/mol. The Bertz CT molecular complexity index is 428. The first-order chi connectivity index (χ1) is 7.27. The Morgan fingerprint density at radius 2 is 1.88 bits per heavy atom. The Labute approximate surface area is 98.0 Å². The van der Waals surface area contributed by atoms with Crippen LogP contribution in [-0.2, 0) is 6.18 Å². The third-order valence-electron chi connectivity index (χ3n) is 1.76. The van der Waals surface area contributed by atoms with Crippen molar-refractivity contribution in [1.29, 1.82) is 0 Å². The van der Waals surface area contributed by atoms with E-state index in [1.54, 1.807) is 0 Å². The largest absolute Gasteiger partial charge is 0.419 e. The Morgan fingerprint density at radius 3 is 2.31 bits per heavy atom. The molecule has 0 N–H and O–H groups in total. The standard InChI is InChI=1S/C9H4Cl2F4O/c10-3-7(16)5-1-4(11)2-6(8(5)12)9(13,14)15/h1-2H,3H2. The van der Waals surface area contributed by atoms with Crippen LogP contribution in [0.1, 0.15) is 15.9 Å². The van der Waals surface area contributed by atoms with Crippen LogP contribution < -0.4 is 0 Å². The Morgan fingerprint density at radius 1 is 1.31 bits per heavy atom. The van der Waals surface area contributed by atoms with Crippen LogP contribution in [-0.4, -0.2) is 11.7 Å². The summed E-state index contributed by atoms with van der Waals surface area (Å²) in [5.74, 6) is -3.22. The van der Waals surface area contributed by atoms with Crippen molar-refractivity contribution in [3.63, 3.8) is 0 Å². The summed E-state index contributed by atoms with van der Waals surface area (Å²) in [4.78, 5) is 11.1. The van der Waals surface area contributed by atoms with Crippen molar-refractivity contribution in [3.8, 4) is 0 Å².